The van der Waals surface area contributed by atoms with Crippen molar-refractivity contribution in [1.29, 1.82) is 0 Å². The minimum Gasteiger partial charge on any atom is -0.394 e. The second kappa shape index (κ2) is 7.94. The van der Waals surface area contributed by atoms with Gasteiger partial charge >= 0.3 is 0 Å². The number of pyridine rings is 1. The summed E-state index contributed by atoms with van der Waals surface area (Å²) in [6, 6.07) is 5.92. The summed E-state index contributed by atoms with van der Waals surface area (Å²) in [5.74, 6) is 1.19. The summed E-state index contributed by atoms with van der Waals surface area (Å²) in [7, 11) is 0. The maximum atomic E-state index is 12.4. The van der Waals surface area contributed by atoms with E-state index in [0.717, 1.165) is 57.7 Å². The molecule has 1 aliphatic carbocycles. The lowest BCUT2D eigenvalue weighted by Crippen LogP contribution is -2.51. The smallest absolute Gasteiger partial charge is 0.223 e. The standard InChI is InChI=1S/C18H28N4O2/c23-15-18(7-2-3-8-18)20-10-6-17(24)22-13-11-21(12-14-22)16-5-1-4-9-19-16/h1,4-5,9,20,23H,2-3,6-8,10-15H2. The van der Waals surface area contributed by atoms with Gasteiger partial charge in [-0.1, -0.05) is 18.9 Å². The number of rotatable bonds is 6. The molecule has 3 rings (SSSR count). The molecule has 0 atom stereocenters. The predicted octanol–water partition coefficient (Wildman–Crippen LogP) is 1.01. The van der Waals surface area contributed by atoms with Crippen LogP contribution in [0.4, 0.5) is 5.82 Å². The molecule has 0 aromatic carbocycles. The fourth-order valence-electron chi connectivity index (χ4n) is 3.76. The van der Waals surface area contributed by atoms with E-state index in [9.17, 15) is 9.90 Å². The van der Waals surface area contributed by atoms with Gasteiger partial charge in [-0.25, -0.2) is 4.98 Å². The molecule has 0 unspecified atom stereocenters. The first-order valence-electron chi connectivity index (χ1n) is 9.02. The number of nitrogens with zero attached hydrogens (tertiary/aromatic N) is 3. The molecule has 1 aliphatic heterocycles. The lowest BCUT2D eigenvalue weighted by Gasteiger charge is -2.35. The second-order valence-electron chi connectivity index (χ2n) is 6.88. The number of amides is 1. The van der Waals surface area contributed by atoms with Crippen LogP contribution in [0, 0.1) is 0 Å². The summed E-state index contributed by atoms with van der Waals surface area (Å²) < 4.78 is 0. The molecule has 2 N–H and O–H groups in total. The van der Waals surface area contributed by atoms with Gasteiger partial charge in [0.2, 0.25) is 5.91 Å². The number of carbonyl (C=O) groups is 1. The van der Waals surface area contributed by atoms with E-state index in [0.29, 0.717) is 13.0 Å². The van der Waals surface area contributed by atoms with Crippen molar-refractivity contribution >= 4 is 11.7 Å². The van der Waals surface area contributed by atoms with E-state index in [1.54, 1.807) is 6.20 Å². The Kier molecular flexibility index (Phi) is 5.68. The molecule has 2 fully saturated rings. The number of nitrogens with one attached hydrogen (secondary N) is 1. The Labute approximate surface area is 143 Å². The normalized spacial score (nSPS) is 20.4. The number of hydrogen-bond acceptors (Lipinski definition) is 5. The molecule has 2 aliphatic rings. The van der Waals surface area contributed by atoms with Gasteiger partial charge in [0, 0.05) is 50.9 Å². The molecule has 24 heavy (non-hydrogen) atoms. The van der Waals surface area contributed by atoms with Crippen LogP contribution < -0.4 is 10.2 Å². The van der Waals surface area contributed by atoms with Gasteiger partial charge in [-0.15, -0.1) is 0 Å². The monoisotopic (exact) mass is 332 g/mol. The Morgan fingerprint density at radius 2 is 1.96 bits per heavy atom. The fourth-order valence-corrected chi connectivity index (χ4v) is 3.76. The number of aromatic nitrogens is 1. The molecular formula is C18H28N4O2. The van der Waals surface area contributed by atoms with E-state index >= 15 is 0 Å². The third-order valence-corrected chi connectivity index (χ3v) is 5.31. The highest BCUT2D eigenvalue weighted by Gasteiger charge is 2.32. The van der Waals surface area contributed by atoms with Gasteiger partial charge in [-0.05, 0) is 25.0 Å². The maximum absolute atomic E-state index is 12.4. The van der Waals surface area contributed by atoms with Gasteiger partial charge in [0.25, 0.3) is 0 Å². The highest BCUT2D eigenvalue weighted by atomic mass is 16.3. The van der Waals surface area contributed by atoms with Crippen molar-refractivity contribution in [2.24, 2.45) is 0 Å². The molecule has 132 valence electrons. The van der Waals surface area contributed by atoms with Crippen LogP contribution in [-0.4, -0.2) is 65.8 Å². The molecule has 2 heterocycles. The molecule has 1 saturated carbocycles. The quantitative estimate of drug-likeness (QED) is 0.814. The Morgan fingerprint density at radius 3 is 2.58 bits per heavy atom. The minimum absolute atomic E-state index is 0.141. The highest BCUT2D eigenvalue weighted by molar-refractivity contribution is 5.76. The van der Waals surface area contributed by atoms with Gasteiger partial charge in [-0.2, -0.15) is 0 Å². The molecule has 1 aromatic heterocycles. The van der Waals surface area contributed by atoms with Gasteiger partial charge in [0.1, 0.15) is 5.82 Å². The molecule has 0 spiro atoms. The van der Waals surface area contributed by atoms with Gasteiger partial charge in [0.05, 0.1) is 6.61 Å². The van der Waals surface area contributed by atoms with Crippen LogP contribution in [0.3, 0.4) is 0 Å². The van der Waals surface area contributed by atoms with Gasteiger partial charge in [-0.3, -0.25) is 4.79 Å². The molecule has 1 aromatic rings. The Hall–Kier alpha value is -1.66. The summed E-state index contributed by atoms with van der Waals surface area (Å²) in [5.41, 5.74) is -0.141. The third kappa shape index (κ3) is 4.05. The first-order chi connectivity index (χ1) is 11.7. The van der Waals surface area contributed by atoms with Crippen molar-refractivity contribution in [2.75, 3.05) is 44.2 Å². The van der Waals surface area contributed by atoms with E-state index in [2.05, 4.69) is 15.2 Å². The largest absolute Gasteiger partial charge is 0.394 e. The molecule has 0 bridgehead atoms. The average Bonchev–Trinajstić information content (AvgIpc) is 3.12. The Bertz CT molecular complexity index is 523. The van der Waals surface area contributed by atoms with Crippen molar-refractivity contribution in [3.05, 3.63) is 24.4 Å². The lowest BCUT2D eigenvalue weighted by molar-refractivity contribution is -0.131. The minimum atomic E-state index is -0.141. The number of hydrogen-bond donors (Lipinski definition) is 2. The number of aliphatic hydroxyl groups is 1. The summed E-state index contributed by atoms with van der Waals surface area (Å²) in [6.45, 7) is 3.98. The van der Waals surface area contributed by atoms with E-state index < -0.39 is 0 Å². The molecule has 6 nitrogen and oxygen atoms in total. The van der Waals surface area contributed by atoms with Crippen molar-refractivity contribution in [2.45, 2.75) is 37.6 Å². The SMILES string of the molecule is O=C(CCNC1(CO)CCCC1)N1CCN(c2ccccn2)CC1. The zero-order valence-corrected chi connectivity index (χ0v) is 14.3. The molecule has 6 heteroatoms. The van der Waals surface area contributed by atoms with E-state index in [1.165, 1.54) is 0 Å². The zero-order valence-electron chi connectivity index (χ0n) is 14.3. The Morgan fingerprint density at radius 1 is 1.21 bits per heavy atom. The van der Waals surface area contributed by atoms with Crippen LogP contribution in [0.25, 0.3) is 0 Å². The topological polar surface area (TPSA) is 68.7 Å². The molecule has 1 saturated heterocycles. The first kappa shape index (κ1) is 17.2. The zero-order chi connectivity index (χ0) is 16.8. The summed E-state index contributed by atoms with van der Waals surface area (Å²) >= 11 is 0. The Balaban J connectivity index is 1.41. The highest BCUT2D eigenvalue weighted by Crippen LogP contribution is 2.28. The van der Waals surface area contributed by atoms with Crippen molar-refractivity contribution < 1.29 is 9.90 Å². The predicted molar refractivity (Wildman–Crippen MR) is 93.9 cm³/mol. The van der Waals surface area contributed by atoms with Crippen LogP contribution >= 0.6 is 0 Å². The molecule has 1 amide bonds. The molecule has 0 radical (unpaired) electrons. The molecular weight excluding hydrogens is 304 g/mol. The summed E-state index contributed by atoms with van der Waals surface area (Å²) in [4.78, 5) is 20.9. The first-order valence-corrected chi connectivity index (χ1v) is 9.02. The van der Waals surface area contributed by atoms with Crippen LogP contribution in [0.5, 0.6) is 0 Å². The van der Waals surface area contributed by atoms with Crippen LogP contribution in [0.15, 0.2) is 24.4 Å². The van der Waals surface area contributed by atoms with Crippen molar-refractivity contribution in [3.63, 3.8) is 0 Å². The number of piperazine rings is 1. The van der Waals surface area contributed by atoms with E-state index in [4.69, 9.17) is 0 Å². The van der Waals surface area contributed by atoms with E-state index in [-0.39, 0.29) is 18.1 Å². The third-order valence-electron chi connectivity index (χ3n) is 5.31. The second-order valence-corrected chi connectivity index (χ2v) is 6.88. The van der Waals surface area contributed by atoms with Crippen molar-refractivity contribution in [3.8, 4) is 0 Å². The number of anilines is 1. The van der Waals surface area contributed by atoms with E-state index in [1.807, 2.05) is 23.1 Å². The van der Waals surface area contributed by atoms with Gasteiger partial charge < -0.3 is 20.2 Å². The average molecular weight is 332 g/mol. The number of carbonyl (C=O) groups excluding carboxylic acids is 1. The summed E-state index contributed by atoms with van der Waals surface area (Å²) in [5, 5.41) is 13.0. The number of aliphatic hydroxyl groups excluding tert-OH is 1. The van der Waals surface area contributed by atoms with Crippen LogP contribution in [0.1, 0.15) is 32.1 Å². The maximum Gasteiger partial charge on any atom is 0.223 e. The van der Waals surface area contributed by atoms with Crippen LogP contribution in [0.2, 0.25) is 0 Å². The van der Waals surface area contributed by atoms with Crippen LogP contribution in [-0.2, 0) is 4.79 Å². The van der Waals surface area contributed by atoms with Gasteiger partial charge in [0.15, 0.2) is 0 Å². The van der Waals surface area contributed by atoms with Crippen molar-refractivity contribution in [1.82, 2.24) is 15.2 Å². The fraction of sp³-hybridized carbons (Fsp3) is 0.667. The lowest BCUT2D eigenvalue weighted by atomic mass is 9.99. The summed E-state index contributed by atoms with van der Waals surface area (Å²) in [6.07, 6.45) is 6.67.